The molecule has 0 saturated carbocycles. The highest BCUT2D eigenvalue weighted by Crippen LogP contribution is 2.07. The Labute approximate surface area is 75.8 Å². The number of aromatic amines is 1. The quantitative estimate of drug-likeness (QED) is 0.721. The van der Waals surface area contributed by atoms with Crippen molar-refractivity contribution in [2.24, 2.45) is 0 Å². The van der Waals surface area contributed by atoms with Gasteiger partial charge in [0, 0.05) is 0 Å². The summed E-state index contributed by atoms with van der Waals surface area (Å²) in [5.74, 6) is -1.09. The summed E-state index contributed by atoms with van der Waals surface area (Å²) < 4.78 is 4.93. The smallest absolute Gasteiger partial charge is 0.374 e. The number of imidazole rings is 1. The predicted octanol–water partition coefficient (Wildman–Crippen LogP) is 1.51. The molecule has 1 rings (SSSR count). The van der Waals surface area contributed by atoms with Gasteiger partial charge in [-0.2, -0.15) is 4.98 Å². The molecule has 1 radical (unpaired) electrons. The molecule has 1 atom stereocenters. The molecule has 5 heteroatoms. The fourth-order valence-corrected chi connectivity index (χ4v) is 0.731. The fraction of sp³-hybridized carbons (Fsp3) is 0.500. The molecule has 0 aliphatic carbocycles. The van der Waals surface area contributed by atoms with Crippen LogP contribution in [0.15, 0.2) is 6.20 Å². The van der Waals surface area contributed by atoms with E-state index in [9.17, 15) is 9.90 Å². The van der Waals surface area contributed by atoms with Gasteiger partial charge in [0.1, 0.15) is 0 Å². The molecule has 1 heterocycles. The number of nitrogens with one attached hydrogen (secondary N) is 1. The van der Waals surface area contributed by atoms with Gasteiger partial charge in [0.15, 0.2) is 0 Å². The van der Waals surface area contributed by atoms with Crippen LogP contribution in [0.1, 0.15) is 30.9 Å². The number of aromatic nitrogens is 2. The molecule has 1 aromatic rings. The molecule has 1 unspecified atom stereocenters. The largest absolute Gasteiger partial charge is 0.457 e. The molecule has 5 nitrogen and oxygen atoms in total. The third kappa shape index (κ3) is 2.47. The first-order valence-electron chi connectivity index (χ1n) is 4.07. The van der Waals surface area contributed by atoms with Crippen LogP contribution in [0.2, 0.25) is 0 Å². The van der Waals surface area contributed by atoms with E-state index in [4.69, 9.17) is 4.74 Å². The van der Waals surface area contributed by atoms with Crippen molar-refractivity contribution in [1.82, 2.24) is 9.97 Å². The zero-order valence-corrected chi connectivity index (χ0v) is 7.53. The van der Waals surface area contributed by atoms with E-state index in [0.29, 0.717) is 0 Å². The molecular formula is C8H11N2O3. The van der Waals surface area contributed by atoms with Crippen LogP contribution in [0.3, 0.4) is 0 Å². The van der Waals surface area contributed by atoms with Crippen LogP contribution in [0.4, 0.5) is 0 Å². The normalized spacial score (nSPS) is 12.5. The lowest BCUT2D eigenvalue weighted by molar-refractivity contribution is 0.0320. The Bertz CT molecular complexity index is 295. The van der Waals surface area contributed by atoms with Gasteiger partial charge in [-0.1, -0.05) is 6.92 Å². The molecule has 0 saturated heterocycles. The van der Waals surface area contributed by atoms with E-state index in [2.05, 4.69) is 9.97 Å². The van der Waals surface area contributed by atoms with Crippen molar-refractivity contribution in [3.05, 3.63) is 12.0 Å². The van der Waals surface area contributed by atoms with Crippen LogP contribution in [0.5, 0.6) is 5.88 Å². The average Bonchev–Trinajstić information content (AvgIpc) is 2.51. The molecule has 0 spiro atoms. The minimum atomic E-state index is -0.587. The van der Waals surface area contributed by atoms with E-state index in [0.717, 1.165) is 12.6 Å². The Hall–Kier alpha value is -1.52. The highest BCUT2D eigenvalue weighted by atomic mass is 16.5. The van der Waals surface area contributed by atoms with Crippen molar-refractivity contribution in [3.63, 3.8) is 0 Å². The molecule has 1 N–H and O–H groups in total. The SMILES string of the molecule is CCC(C)OC(=O)c1nc([O])c[nH]1. The molecule has 0 amide bonds. The number of carbonyl (C=O) groups is 1. The molecule has 71 valence electrons. The van der Waals surface area contributed by atoms with Gasteiger partial charge in [0.2, 0.25) is 5.82 Å². The maximum Gasteiger partial charge on any atom is 0.374 e. The minimum Gasteiger partial charge on any atom is -0.457 e. The zero-order chi connectivity index (χ0) is 9.84. The summed E-state index contributed by atoms with van der Waals surface area (Å²) in [5, 5.41) is 10.6. The average molecular weight is 183 g/mol. The fourth-order valence-electron chi connectivity index (χ4n) is 0.731. The third-order valence-electron chi connectivity index (χ3n) is 1.63. The minimum absolute atomic E-state index is 0.0368. The second-order valence-electron chi connectivity index (χ2n) is 2.71. The lowest BCUT2D eigenvalue weighted by Crippen LogP contribution is -2.15. The first-order chi connectivity index (χ1) is 6.13. The second kappa shape index (κ2) is 3.93. The van der Waals surface area contributed by atoms with Crippen molar-refractivity contribution >= 4 is 5.97 Å². The topological polar surface area (TPSA) is 74.9 Å². The summed E-state index contributed by atoms with van der Waals surface area (Å²) in [4.78, 5) is 17.0. The van der Waals surface area contributed by atoms with Crippen LogP contribution in [0.25, 0.3) is 0 Å². The van der Waals surface area contributed by atoms with Crippen LogP contribution in [-0.4, -0.2) is 22.0 Å². The standard InChI is InChI=1S/C8H11N2O3/c1-3-5(2)13-8(12)7-9-4-6(11)10-7/h4-5H,3H2,1-2H3,(H,9,10). The van der Waals surface area contributed by atoms with E-state index in [1.807, 2.05) is 6.92 Å². The van der Waals surface area contributed by atoms with Crippen LogP contribution >= 0.6 is 0 Å². The van der Waals surface area contributed by atoms with Crippen molar-refractivity contribution in [2.75, 3.05) is 0 Å². The summed E-state index contributed by atoms with van der Waals surface area (Å²) in [5.41, 5.74) is 0. The summed E-state index contributed by atoms with van der Waals surface area (Å²) in [6.45, 7) is 3.68. The molecule has 0 aliphatic rings. The zero-order valence-electron chi connectivity index (χ0n) is 7.53. The summed E-state index contributed by atoms with van der Waals surface area (Å²) >= 11 is 0. The van der Waals surface area contributed by atoms with Gasteiger partial charge in [0.05, 0.1) is 12.3 Å². The summed E-state index contributed by atoms with van der Waals surface area (Å²) in [7, 11) is 0. The highest BCUT2D eigenvalue weighted by molar-refractivity contribution is 5.85. The molecular weight excluding hydrogens is 172 g/mol. The van der Waals surface area contributed by atoms with E-state index in [1.165, 1.54) is 0 Å². The van der Waals surface area contributed by atoms with E-state index >= 15 is 0 Å². The number of carbonyl (C=O) groups excluding carboxylic acids is 1. The van der Waals surface area contributed by atoms with Crippen LogP contribution < -0.4 is 0 Å². The van der Waals surface area contributed by atoms with Gasteiger partial charge in [-0.3, -0.25) is 5.11 Å². The summed E-state index contributed by atoms with van der Waals surface area (Å²) in [6, 6.07) is 0. The predicted molar refractivity (Wildman–Crippen MR) is 43.9 cm³/mol. The van der Waals surface area contributed by atoms with Crippen molar-refractivity contribution in [2.45, 2.75) is 26.4 Å². The monoisotopic (exact) mass is 183 g/mol. The van der Waals surface area contributed by atoms with Gasteiger partial charge in [0.25, 0.3) is 5.88 Å². The Kier molecular flexibility index (Phi) is 2.89. The van der Waals surface area contributed by atoms with Crippen LogP contribution in [0, 0.1) is 0 Å². The number of esters is 1. The maximum atomic E-state index is 11.2. The van der Waals surface area contributed by atoms with Gasteiger partial charge in [-0.15, -0.1) is 0 Å². The number of rotatable bonds is 3. The van der Waals surface area contributed by atoms with Gasteiger partial charge >= 0.3 is 5.97 Å². The van der Waals surface area contributed by atoms with Gasteiger partial charge in [-0.05, 0) is 13.3 Å². The van der Waals surface area contributed by atoms with E-state index in [-0.39, 0.29) is 11.9 Å². The highest BCUT2D eigenvalue weighted by Gasteiger charge is 2.14. The third-order valence-corrected chi connectivity index (χ3v) is 1.63. The Morgan fingerprint density at radius 1 is 1.77 bits per heavy atom. The second-order valence-corrected chi connectivity index (χ2v) is 2.71. The number of hydrogen-bond donors (Lipinski definition) is 1. The molecule has 0 aliphatic heterocycles. The Morgan fingerprint density at radius 3 is 2.92 bits per heavy atom. The van der Waals surface area contributed by atoms with Crippen LogP contribution in [-0.2, 0) is 9.84 Å². The van der Waals surface area contributed by atoms with E-state index < -0.39 is 11.8 Å². The maximum absolute atomic E-state index is 11.2. The number of ether oxygens (including phenoxy) is 1. The molecule has 0 aromatic carbocycles. The first kappa shape index (κ1) is 9.57. The molecule has 1 aromatic heterocycles. The van der Waals surface area contributed by atoms with Crippen molar-refractivity contribution in [3.8, 4) is 5.88 Å². The van der Waals surface area contributed by atoms with Gasteiger partial charge in [-0.25, -0.2) is 4.79 Å². The molecule has 0 bridgehead atoms. The lowest BCUT2D eigenvalue weighted by atomic mass is 10.3. The first-order valence-corrected chi connectivity index (χ1v) is 4.07. The number of hydrogen-bond acceptors (Lipinski definition) is 3. The molecule has 0 fully saturated rings. The molecule has 13 heavy (non-hydrogen) atoms. The van der Waals surface area contributed by atoms with Gasteiger partial charge < -0.3 is 9.72 Å². The van der Waals surface area contributed by atoms with Crippen molar-refractivity contribution < 1.29 is 14.6 Å². The van der Waals surface area contributed by atoms with E-state index in [1.54, 1.807) is 6.92 Å². The number of H-pyrrole nitrogens is 1. The van der Waals surface area contributed by atoms with Crippen molar-refractivity contribution in [1.29, 1.82) is 0 Å². The summed E-state index contributed by atoms with van der Waals surface area (Å²) in [6.07, 6.45) is 1.69. The number of nitrogens with zero attached hydrogens (tertiary/aromatic N) is 1. The Balaban J connectivity index is 2.58. The Morgan fingerprint density at radius 2 is 2.46 bits per heavy atom. The lowest BCUT2D eigenvalue weighted by Gasteiger charge is -2.08.